The van der Waals surface area contributed by atoms with E-state index in [-0.39, 0.29) is 0 Å². The summed E-state index contributed by atoms with van der Waals surface area (Å²) in [5, 5.41) is 0.680. The summed E-state index contributed by atoms with van der Waals surface area (Å²) in [6.07, 6.45) is 4.17. The summed E-state index contributed by atoms with van der Waals surface area (Å²) in [6.45, 7) is 0. The van der Waals surface area contributed by atoms with Crippen molar-refractivity contribution in [2.24, 2.45) is 0 Å². The third-order valence-electron chi connectivity index (χ3n) is 2.30. The van der Waals surface area contributed by atoms with Crippen LogP contribution in [0, 0.1) is 0 Å². The third kappa shape index (κ3) is 2.39. The highest BCUT2D eigenvalue weighted by molar-refractivity contribution is 6.55. The zero-order valence-corrected chi connectivity index (χ0v) is 10.2. The average molecular weight is 260 g/mol. The van der Waals surface area contributed by atoms with Gasteiger partial charge in [0.15, 0.2) is 0 Å². The van der Waals surface area contributed by atoms with Gasteiger partial charge >= 0.3 is 0 Å². The molecule has 0 atom stereocenters. The summed E-state index contributed by atoms with van der Waals surface area (Å²) in [4.78, 5) is 0. The van der Waals surface area contributed by atoms with Crippen LogP contribution in [0.25, 0.3) is 5.57 Å². The number of benzene rings is 1. The quantitative estimate of drug-likeness (QED) is 0.637. The number of allylic oxidation sites excluding steroid dienone is 4. The van der Waals surface area contributed by atoms with Crippen LogP contribution in [0.1, 0.15) is 12.0 Å². The number of rotatable bonds is 1. The highest BCUT2D eigenvalue weighted by atomic mass is 35.5. The van der Waals surface area contributed by atoms with Crippen LogP contribution in [0.4, 0.5) is 0 Å². The number of alkyl halides is 2. The Morgan fingerprint density at radius 1 is 1.00 bits per heavy atom. The van der Waals surface area contributed by atoms with Crippen molar-refractivity contribution in [2.75, 3.05) is 0 Å². The Morgan fingerprint density at radius 3 is 2.27 bits per heavy atom. The normalized spacial score (nSPS) is 19.4. The van der Waals surface area contributed by atoms with E-state index < -0.39 is 4.33 Å². The lowest BCUT2D eigenvalue weighted by Gasteiger charge is -2.26. The smallest absolute Gasteiger partial charge is 0.0959 e. The van der Waals surface area contributed by atoms with E-state index >= 15 is 0 Å². The summed E-state index contributed by atoms with van der Waals surface area (Å²) in [5.41, 5.74) is 1.93. The second-order valence-electron chi connectivity index (χ2n) is 3.44. The van der Waals surface area contributed by atoms with Gasteiger partial charge in [-0.3, -0.25) is 0 Å². The Hall–Kier alpha value is -0.430. The van der Waals surface area contributed by atoms with Gasteiger partial charge in [-0.2, -0.15) is 0 Å². The molecular weight excluding hydrogens is 250 g/mol. The first-order valence-electron chi connectivity index (χ1n) is 4.60. The average Bonchev–Trinajstić information content (AvgIpc) is 2.17. The largest absolute Gasteiger partial charge is 0.148 e. The van der Waals surface area contributed by atoms with E-state index in [4.69, 9.17) is 34.8 Å². The molecule has 0 bridgehead atoms. The van der Waals surface area contributed by atoms with Crippen LogP contribution in [0.5, 0.6) is 0 Å². The summed E-state index contributed by atoms with van der Waals surface area (Å²) >= 11 is 18.4. The zero-order valence-electron chi connectivity index (χ0n) is 7.88. The molecule has 1 aromatic rings. The number of hydrogen-bond donors (Lipinski definition) is 0. The molecule has 0 heterocycles. The van der Waals surface area contributed by atoms with Gasteiger partial charge in [-0.15, -0.1) is 0 Å². The van der Waals surface area contributed by atoms with E-state index in [1.807, 2.05) is 42.5 Å². The fourth-order valence-corrected chi connectivity index (χ4v) is 2.62. The van der Waals surface area contributed by atoms with Gasteiger partial charge in [0.1, 0.15) is 4.33 Å². The minimum atomic E-state index is -0.923. The zero-order chi connectivity index (χ0) is 10.9. The van der Waals surface area contributed by atoms with Crippen molar-refractivity contribution < 1.29 is 0 Å². The first kappa shape index (κ1) is 11.1. The first-order valence-corrected chi connectivity index (χ1v) is 5.73. The van der Waals surface area contributed by atoms with Crippen LogP contribution in [0.2, 0.25) is 0 Å². The summed E-state index contributed by atoms with van der Waals surface area (Å²) in [7, 11) is 0. The Balaban J connectivity index is 2.45. The molecule has 0 spiro atoms. The van der Waals surface area contributed by atoms with Crippen molar-refractivity contribution in [1.29, 1.82) is 0 Å². The lowest BCUT2D eigenvalue weighted by atomic mass is 9.96. The van der Waals surface area contributed by atoms with Crippen LogP contribution >= 0.6 is 34.8 Å². The van der Waals surface area contributed by atoms with Crippen molar-refractivity contribution in [2.45, 2.75) is 10.8 Å². The molecule has 1 aliphatic rings. The molecule has 0 nitrogen and oxygen atoms in total. The highest BCUT2D eigenvalue weighted by Gasteiger charge is 2.32. The minimum absolute atomic E-state index is 0.457. The molecule has 0 saturated carbocycles. The Morgan fingerprint density at radius 2 is 1.67 bits per heavy atom. The van der Waals surface area contributed by atoms with Crippen molar-refractivity contribution in [3.63, 3.8) is 0 Å². The second-order valence-corrected chi connectivity index (χ2v) is 5.41. The molecule has 15 heavy (non-hydrogen) atoms. The van der Waals surface area contributed by atoms with Crippen LogP contribution in [-0.4, -0.2) is 4.33 Å². The fourth-order valence-electron chi connectivity index (χ4n) is 1.59. The SMILES string of the molecule is ClC1=CC=C(c2ccccc2)C(Cl)(Cl)C1. The summed E-state index contributed by atoms with van der Waals surface area (Å²) in [5.74, 6) is 0. The Bertz CT molecular complexity index is 416. The topological polar surface area (TPSA) is 0 Å². The van der Waals surface area contributed by atoms with Crippen molar-refractivity contribution >= 4 is 40.4 Å². The molecule has 0 amide bonds. The Kier molecular flexibility index (Phi) is 3.11. The van der Waals surface area contributed by atoms with Gasteiger partial charge in [-0.1, -0.05) is 71.2 Å². The third-order valence-corrected chi connectivity index (χ3v) is 3.23. The van der Waals surface area contributed by atoms with Crippen molar-refractivity contribution in [3.8, 4) is 0 Å². The van der Waals surface area contributed by atoms with Gasteiger partial charge in [0.25, 0.3) is 0 Å². The summed E-state index contributed by atoms with van der Waals surface area (Å²) < 4.78 is -0.923. The molecule has 0 aromatic heterocycles. The maximum atomic E-state index is 6.24. The van der Waals surface area contributed by atoms with Crippen LogP contribution in [-0.2, 0) is 0 Å². The number of hydrogen-bond acceptors (Lipinski definition) is 0. The molecule has 0 aliphatic heterocycles. The van der Waals surface area contributed by atoms with E-state index in [0.29, 0.717) is 11.5 Å². The van der Waals surface area contributed by atoms with E-state index in [1.165, 1.54) is 0 Å². The monoisotopic (exact) mass is 258 g/mol. The molecular formula is C12H9Cl3. The number of halogens is 3. The molecule has 2 rings (SSSR count). The molecule has 1 aromatic carbocycles. The first-order chi connectivity index (χ1) is 7.09. The lowest BCUT2D eigenvalue weighted by Crippen LogP contribution is -2.17. The molecule has 0 N–H and O–H groups in total. The lowest BCUT2D eigenvalue weighted by molar-refractivity contribution is 0.965. The standard InChI is InChI=1S/C12H9Cl3/c13-10-6-7-11(12(14,15)8-10)9-4-2-1-3-5-9/h1-7H,8H2. The predicted octanol–water partition coefficient (Wildman–Crippen LogP) is 4.77. The Labute approximate surface area is 104 Å². The molecule has 0 radical (unpaired) electrons. The van der Waals surface area contributed by atoms with Gasteiger partial charge in [-0.25, -0.2) is 0 Å². The fraction of sp³-hybridized carbons (Fsp3) is 0.167. The van der Waals surface area contributed by atoms with Gasteiger partial charge in [0.05, 0.1) is 0 Å². The van der Waals surface area contributed by atoms with E-state index in [0.717, 1.165) is 11.1 Å². The molecule has 3 heteroatoms. The maximum Gasteiger partial charge on any atom is 0.148 e. The minimum Gasteiger partial charge on any atom is -0.0959 e. The predicted molar refractivity (Wildman–Crippen MR) is 67.4 cm³/mol. The van der Waals surface area contributed by atoms with Gasteiger partial charge in [0, 0.05) is 11.5 Å². The second kappa shape index (κ2) is 4.21. The molecule has 0 saturated heterocycles. The van der Waals surface area contributed by atoms with Gasteiger partial charge in [-0.05, 0) is 17.2 Å². The van der Waals surface area contributed by atoms with E-state index in [1.54, 1.807) is 0 Å². The maximum absolute atomic E-state index is 6.24. The van der Waals surface area contributed by atoms with Crippen LogP contribution in [0.15, 0.2) is 47.5 Å². The highest BCUT2D eigenvalue weighted by Crippen LogP contribution is 2.45. The van der Waals surface area contributed by atoms with Crippen LogP contribution in [0.3, 0.4) is 0 Å². The molecule has 0 unspecified atom stereocenters. The van der Waals surface area contributed by atoms with E-state index in [9.17, 15) is 0 Å². The van der Waals surface area contributed by atoms with E-state index in [2.05, 4.69) is 0 Å². The molecule has 0 fully saturated rings. The van der Waals surface area contributed by atoms with Crippen molar-refractivity contribution in [3.05, 3.63) is 53.1 Å². The van der Waals surface area contributed by atoms with Gasteiger partial charge < -0.3 is 0 Å². The van der Waals surface area contributed by atoms with Crippen LogP contribution < -0.4 is 0 Å². The summed E-state index contributed by atoms with van der Waals surface area (Å²) in [6, 6.07) is 9.84. The van der Waals surface area contributed by atoms with Gasteiger partial charge in [0.2, 0.25) is 0 Å². The molecule has 1 aliphatic carbocycles. The van der Waals surface area contributed by atoms with Crippen molar-refractivity contribution in [1.82, 2.24) is 0 Å². The molecule has 78 valence electrons.